The lowest BCUT2D eigenvalue weighted by Crippen LogP contribution is -2.43. The molecule has 0 bridgehead atoms. The number of carbonyl (C=O) groups excluding carboxylic acids is 1. The van der Waals surface area contributed by atoms with Gasteiger partial charge in [-0.1, -0.05) is 26.7 Å². The second kappa shape index (κ2) is 5.38. The smallest absolute Gasteiger partial charge is 0.221 e. The zero-order valence-electron chi connectivity index (χ0n) is 11.8. The largest absolute Gasteiger partial charge is 0.355 e. The van der Waals surface area contributed by atoms with Crippen LogP contribution in [0.15, 0.2) is 0 Å². The van der Waals surface area contributed by atoms with E-state index in [1.807, 2.05) is 13.8 Å². The van der Waals surface area contributed by atoms with E-state index in [1.165, 1.54) is 25.7 Å². The molecule has 1 amide bonds. The summed E-state index contributed by atoms with van der Waals surface area (Å²) in [4.78, 5) is 11.7. The van der Waals surface area contributed by atoms with Crippen LogP contribution in [0.3, 0.4) is 0 Å². The van der Waals surface area contributed by atoms with Crippen LogP contribution in [0.4, 0.5) is 0 Å². The molecule has 1 fully saturated rings. The van der Waals surface area contributed by atoms with E-state index in [2.05, 4.69) is 19.2 Å². The van der Waals surface area contributed by atoms with E-state index < -0.39 is 5.54 Å². The van der Waals surface area contributed by atoms with Gasteiger partial charge >= 0.3 is 0 Å². The number of rotatable bonds is 5. The number of nitrogens with two attached hydrogens (primary N) is 1. The Bertz CT molecular complexity index is 260. The van der Waals surface area contributed by atoms with Crippen molar-refractivity contribution in [3.8, 4) is 0 Å². The van der Waals surface area contributed by atoms with E-state index in [0.29, 0.717) is 6.42 Å². The standard InChI is InChI=1S/C14H28N2O/c1-13(2,11-7-5-6-8-11)10-16-12(17)9-14(3,4)15/h11H,5-10,15H2,1-4H3,(H,16,17). The number of carbonyl (C=O) groups is 1. The maximum absolute atomic E-state index is 11.7. The van der Waals surface area contributed by atoms with Crippen molar-refractivity contribution in [1.29, 1.82) is 0 Å². The summed E-state index contributed by atoms with van der Waals surface area (Å²) in [5, 5.41) is 3.04. The number of amides is 1. The van der Waals surface area contributed by atoms with Gasteiger partial charge in [0.05, 0.1) is 0 Å². The van der Waals surface area contributed by atoms with Gasteiger partial charge in [0, 0.05) is 18.5 Å². The number of hydrogen-bond donors (Lipinski definition) is 2. The van der Waals surface area contributed by atoms with Crippen LogP contribution in [-0.4, -0.2) is 18.0 Å². The van der Waals surface area contributed by atoms with Crippen LogP contribution in [0.2, 0.25) is 0 Å². The molecule has 1 aliphatic carbocycles. The van der Waals surface area contributed by atoms with Gasteiger partial charge in [0.15, 0.2) is 0 Å². The Morgan fingerprint density at radius 1 is 1.24 bits per heavy atom. The van der Waals surface area contributed by atoms with Crippen LogP contribution in [0.1, 0.15) is 59.8 Å². The third-order valence-electron chi connectivity index (χ3n) is 3.82. The van der Waals surface area contributed by atoms with E-state index in [9.17, 15) is 4.79 Å². The molecule has 0 aromatic rings. The lowest BCUT2D eigenvalue weighted by molar-refractivity contribution is -0.122. The zero-order chi connectivity index (χ0) is 13.1. The van der Waals surface area contributed by atoms with Gasteiger partial charge in [-0.3, -0.25) is 4.79 Å². The Labute approximate surface area is 106 Å². The summed E-state index contributed by atoms with van der Waals surface area (Å²) >= 11 is 0. The van der Waals surface area contributed by atoms with Gasteiger partial charge in [-0.05, 0) is 38.0 Å². The van der Waals surface area contributed by atoms with Gasteiger partial charge < -0.3 is 11.1 Å². The summed E-state index contributed by atoms with van der Waals surface area (Å²) in [6.45, 7) is 9.06. The van der Waals surface area contributed by atoms with Crippen molar-refractivity contribution in [2.24, 2.45) is 17.1 Å². The highest BCUT2D eigenvalue weighted by Crippen LogP contribution is 2.38. The molecule has 3 nitrogen and oxygen atoms in total. The monoisotopic (exact) mass is 240 g/mol. The SMILES string of the molecule is CC(C)(N)CC(=O)NCC(C)(C)C1CCCC1. The molecule has 1 aliphatic rings. The summed E-state index contributed by atoms with van der Waals surface area (Å²) in [7, 11) is 0. The van der Waals surface area contributed by atoms with E-state index in [4.69, 9.17) is 5.73 Å². The predicted octanol–water partition coefficient (Wildman–Crippen LogP) is 2.45. The summed E-state index contributed by atoms with van der Waals surface area (Å²) in [6, 6.07) is 0. The highest BCUT2D eigenvalue weighted by atomic mass is 16.1. The third-order valence-corrected chi connectivity index (χ3v) is 3.82. The normalized spacial score (nSPS) is 18.4. The van der Waals surface area contributed by atoms with Gasteiger partial charge in [-0.25, -0.2) is 0 Å². The van der Waals surface area contributed by atoms with Crippen LogP contribution in [0, 0.1) is 11.3 Å². The minimum Gasteiger partial charge on any atom is -0.355 e. The van der Waals surface area contributed by atoms with Crippen LogP contribution in [0.5, 0.6) is 0 Å². The molecular weight excluding hydrogens is 212 g/mol. The molecule has 0 atom stereocenters. The van der Waals surface area contributed by atoms with Crippen LogP contribution < -0.4 is 11.1 Å². The molecule has 100 valence electrons. The summed E-state index contributed by atoms with van der Waals surface area (Å²) in [6.07, 6.45) is 5.71. The first-order chi connectivity index (χ1) is 7.71. The van der Waals surface area contributed by atoms with Crippen molar-refractivity contribution in [1.82, 2.24) is 5.32 Å². The van der Waals surface area contributed by atoms with Crippen molar-refractivity contribution in [3.05, 3.63) is 0 Å². The lowest BCUT2D eigenvalue weighted by Gasteiger charge is -2.32. The highest BCUT2D eigenvalue weighted by molar-refractivity contribution is 5.77. The first kappa shape index (κ1) is 14.5. The Hall–Kier alpha value is -0.570. The van der Waals surface area contributed by atoms with Gasteiger partial charge in [-0.15, -0.1) is 0 Å². The zero-order valence-corrected chi connectivity index (χ0v) is 11.8. The quantitative estimate of drug-likeness (QED) is 0.775. The second-order valence-electron chi connectivity index (χ2n) is 6.91. The summed E-state index contributed by atoms with van der Waals surface area (Å²) < 4.78 is 0. The molecule has 0 radical (unpaired) electrons. The molecule has 0 unspecified atom stereocenters. The van der Waals surface area contributed by atoms with Crippen molar-refractivity contribution in [2.75, 3.05) is 6.54 Å². The van der Waals surface area contributed by atoms with E-state index in [1.54, 1.807) is 0 Å². The van der Waals surface area contributed by atoms with Gasteiger partial charge in [-0.2, -0.15) is 0 Å². The maximum Gasteiger partial charge on any atom is 0.221 e. The van der Waals surface area contributed by atoms with Crippen molar-refractivity contribution < 1.29 is 4.79 Å². The highest BCUT2D eigenvalue weighted by Gasteiger charge is 2.32. The molecule has 1 rings (SSSR count). The molecule has 0 saturated heterocycles. The Kier molecular flexibility index (Phi) is 4.59. The minimum absolute atomic E-state index is 0.0728. The lowest BCUT2D eigenvalue weighted by atomic mass is 9.77. The van der Waals surface area contributed by atoms with Gasteiger partial charge in [0.1, 0.15) is 0 Å². The minimum atomic E-state index is -0.415. The Morgan fingerprint density at radius 2 is 1.76 bits per heavy atom. The maximum atomic E-state index is 11.7. The molecule has 0 spiro atoms. The van der Waals surface area contributed by atoms with Gasteiger partial charge in [0.2, 0.25) is 5.91 Å². The molecule has 0 aliphatic heterocycles. The fraction of sp³-hybridized carbons (Fsp3) is 0.929. The van der Waals surface area contributed by atoms with Crippen LogP contribution >= 0.6 is 0 Å². The van der Waals surface area contributed by atoms with Crippen molar-refractivity contribution >= 4 is 5.91 Å². The molecule has 17 heavy (non-hydrogen) atoms. The van der Waals surface area contributed by atoms with Gasteiger partial charge in [0.25, 0.3) is 0 Å². The molecule has 3 N–H and O–H groups in total. The Balaban J connectivity index is 2.36. The third kappa shape index (κ3) is 5.07. The molecule has 0 aromatic carbocycles. The fourth-order valence-electron chi connectivity index (χ4n) is 2.65. The average molecular weight is 240 g/mol. The fourth-order valence-corrected chi connectivity index (χ4v) is 2.65. The van der Waals surface area contributed by atoms with Crippen LogP contribution in [0.25, 0.3) is 0 Å². The summed E-state index contributed by atoms with van der Waals surface area (Å²) in [5.74, 6) is 0.831. The van der Waals surface area contributed by atoms with Crippen molar-refractivity contribution in [2.45, 2.75) is 65.3 Å². The molecule has 3 heteroatoms. The molecule has 0 heterocycles. The number of nitrogens with one attached hydrogen (secondary N) is 1. The van der Waals surface area contributed by atoms with E-state index in [0.717, 1.165) is 12.5 Å². The second-order valence-corrected chi connectivity index (χ2v) is 6.91. The Morgan fingerprint density at radius 3 is 2.24 bits per heavy atom. The first-order valence-electron chi connectivity index (χ1n) is 6.76. The van der Waals surface area contributed by atoms with Crippen molar-refractivity contribution in [3.63, 3.8) is 0 Å². The van der Waals surface area contributed by atoms with E-state index >= 15 is 0 Å². The average Bonchev–Trinajstić information content (AvgIpc) is 2.65. The first-order valence-corrected chi connectivity index (χ1v) is 6.76. The molecular formula is C14H28N2O. The molecule has 1 saturated carbocycles. The van der Waals surface area contributed by atoms with Crippen LogP contribution in [-0.2, 0) is 4.79 Å². The predicted molar refractivity (Wildman–Crippen MR) is 71.6 cm³/mol. The summed E-state index contributed by atoms with van der Waals surface area (Å²) in [5.41, 5.74) is 5.64. The van der Waals surface area contributed by atoms with E-state index in [-0.39, 0.29) is 11.3 Å². The topological polar surface area (TPSA) is 55.1 Å². The number of hydrogen-bond acceptors (Lipinski definition) is 2. The molecule has 0 aromatic heterocycles.